The van der Waals surface area contributed by atoms with Gasteiger partial charge in [-0.25, -0.2) is 0 Å². The van der Waals surface area contributed by atoms with Crippen molar-refractivity contribution in [3.63, 3.8) is 0 Å². The van der Waals surface area contributed by atoms with Crippen molar-refractivity contribution in [2.75, 3.05) is 13.6 Å². The van der Waals surface area contributed by atoms with Gasteiger partial charge in [0.05, 0.1) is 0 Å². The van der Waals surface area contributed by atoms with Crippen LogP contribution in [0.3, 0.4) is 0 Å². The van der Waals surface area contributed by atoms with E-state index in [1.54, 1.807) is 0 Å². The Kier molecular flexibility index (Phi) is 4.55. The highest BCUT2D eigenvalue weighted by atomic mass is 15.1. The molecular weight excluding hydrogens is 194 g/mol. The Morgan fingerprint density at radius 1 is 1.06 bits per heavy atom. The molecule has 1 heteroatoms. The van der Waals surface area contributed by atoms with Gasteiger partial charge in [0, 0.05) is 6.54 Å². The van der Waals surface area contributed by atoms with E-state index in [0.717, 1.165) is 6.54 Å². The summed E-state index contributed by atoms with van der Waals surface area (Å²) in [5, 5.41) is 0. The molecule has 0 radical (unpaired) electrons. The van der Waals surface area contributed by atoms with Crippen LogP contribution in [0.4, 0.5) is 0 Å². The van der Waals surface area contributed by atoms with Crippen LogP contribution in [0.2, 0.25) is 0 Å². The molecule has 0 saturated heterocycles. The lowest BCUT2D eigenvalue weighted by atomic mass is 9.87. The van der Waals surface area contributed by atoms with Crippen LogP contribution in [0.25, 0.3) is 0 Å². The first-order valence-corrected chi connectivity index (χ1v) is 6.21. The lowest BCUT2D eigenvalue weighted by Gasteiger charge is -2.20. The fraction of sp³-hybridized carbons (Fsp3) is 0.600. The van der Waals surface area contributed by atoms with Crippen molar-refractivity contribution in [3.8, 4) is 0 Å². The summed E-state index contributed by atoms with van der Waals surface area (Å²) < 4.78 is 0. The summed E-state index contributed by atoms with van der Waals surface area (Å²) in [6, 6.07) is 9.03. The standard InChI is InChI=1S/C15H25N/c1-6-11-16(5)12-13-7-9-14(10-8-13)15(2,3)4/h7-10H,6,11-12H2,1-5H3. The molecule has 16 heavy (non-hydrogen) atoms. The Morgan fingerprint density at radius 3 is 2.06 bits per heavy atom. The molecule has 0 N–H and O–H groups in total. The predicted octanol–water partition coefficient (Wildman–Crippen LogP) is 3.83. The van der Waals surface area contributed by atoms with Crippen molar-refractivity contribution >= 4 is 0 Å². The Bertz CT molecular complexity index is 305. The second-order valence-corrected chi connectivity index (χ2v) is 5.68. The SMILES string of the molecule is CCCN(C)Cc1ccc(C(C)(C)C)cc1. The Hall–Kier alpha value is -0.820. The molecule has 0 aliphatic carbocycles. The second-order valence-electron chi connectivity index (χ2n) is 5.68. The fourth-order valence-corrected chi connectivity index (χ4v) is 1.88. The van der Waals surface area contributed by atoms with E-state index in [4.69, 9.17) is 0 Å². The van der Waals surface area contributed by atoms with E-state index < -0.39 is 0 Å². The van der Waals surface area contributed by atoms with Crippen LogP contribution >= 0.6 is 0 Å². The minimum Gasteiger partial charge on any atom is -0.302 e. The third-order valence-corrected chi connectivity index (χ3v) is 2.88. The van der Waals surface area contributed by atoms with Gasteiger partial charge in [0.1, 0.15) is 0 Å². The molecule has 0 amide bonds. The lowest BCUT2D eigenvalue weighted by molar-refractivity contribution is 0.327. The van der Waals surface area contributed by atoms with E-state index in [0.29, 0.717) is 0 Å². The zero-order valence-corrected chi connectivity index (χ0v) is 11.4. The summed E-state index contributed by atoms with van der Waals surface area (Å²) in [7, 11) is 2.18. The number of benzene rings is 1. The van der Waals surface area contributed by atoms with E-state index in [9.17, 15) is 0 Å². The Morgan fingerprint density at radius 2 is 1.62 bits per heavy atom. The largest absolute Gasteiger partial charge is 0.302 e. The van der Waals surface area contributed by atoms with Crippen LogP contribution in [-0.4, -0.2) is 18.5 Å². The number of hydrogen-bond donors (Lipinski definition) is 0. The zero-order chi connectivity index (χ0) is 12.2. The van der Waals surface area contributed by atoms with Gasteiger partial charge in [-0.05, 0) is 36.6 Å². The topological polar surface area (TPSA) is 3.24 Å². The third kappa shape index (κ3) is 3.97. The quantitative estimate of drug-likeness (QED) is 0.744. The minimum absolute atomic E-state index is 0.258. The van der Waals surface area contributed by atoms with Gasteiger partial charge >= 0.3 is 0 Å². The highest BCUT2D eigenvalue weighted by molar-refractivity contribution is 5.27. The molecule has 0 saturated carbocycles. The molecular formula is C15H25N. The van der Waals surface area contributed by atoms with Crippen molar-refractivity contribution in [1.82, 2.24) is 4.90 Å². The molecule has 0 aromatic heterocycles. The number of hydrogen-bond acceptors (Lipinski definition) is 1. The maximum atomic E-state index is 2.37. The van der Waals surface area contributed by atoms with Gasteiger partial charge in [-0.15, -0.1) is 0 Å². The summed E-state index contributed by atoms with van der Waals surface area (Å²) in [6.07, 6.45) is 1.22. The van der Waals surface area contributed by atoms with Gasteiger partial charge in [0.2, 0.25) is 0 Å². The van der Waals surface area contributed by atoms with Crippen molar-refractivity contribution < 1.29 is 0 Å². The van der Waals surface area contributed by atoms with Gasteiger partial charge in [0.15, 0.2) is 0 Å². The van der Waals surface area contributed by atoms with Gasteiger partial charge < -0.3 is 4.90 Å². The van der Waals surface area contributed by atoms with E-state index in [1.165, 1.54) is 24.1 Å². The second kappa shape index (κ2) is 5.49. The van der Waals surface area contributed by atoms with Crippen LogP contribution in [0, 0.1) is 0 Å². The first kappa shape index (κ1) is 13.2. The van der Waals surface area contributed by atoms with Crippen molar-refractivity contribution in [2.24, 2.45) is 0 Å². The maximum Gasteiger partial charge on any atom is 0.0230 e. The van der Waals surface area contributed by atoms with Gasteiger partial charge in [-0.1, -0.05) is 52.0 Å². The van der Waals surface area contributed by atoms with Crippen LogP contribution in [0.1, 0.15) is 45.2 Å². The summed E-state index contributed by atoms with van der Waals surface area (Å²) in [4.78, 5) is 2.37. The molecule has 0 fully saturated rings. The molecule has 0 atom stereocenters. The first-order valence-electron chi connectivity index (χ1n) is 6.21. The fourth-order valence-electron chi connectivity index (χ4n) is 1.88. The maximum absolute atomic E-state index is 2.37. The summed E-state index contributed by atoms with van der Waals surface area (Å²) in [5.74, 6) is 0. The van der Waals surface area contributed by atoms with Crippen LogP contribution in [-0.2, 0) is 12.0 Å². The third-order valence-electron chi connectivity index (χ3n) is 2.88. The molecule has 0 unspecified atom stereocenters. The molecule has 1 aromatic carbocycles. The van der Waals surface area contributed by atoms with Gasteiger partial charge in [0.25, 0.3) is 0 Å². The molecule has 0 spiro atoms. The zero-order valence-electron chi connectivity index (χ0n) is 11.4. The Balaban J connectivity index is 2.65. The highest BCUT2D eigenvalue weighted by Gasteiger charge is 2.12. The van der Waals surface area contributed by atoms with Crippen LogP contribution < -0.4 is 0 Å². The summed E-state index contributed by atoms with van der Waals surface area (Å²) in [6.45, 7) is 11.2. The lowest BCUT2D eigenvalue weighted by Crippen LogP contribution is -2.18. The smallest absolute Gasteiger partial charge is 0.0230 e. The number of nitrogens with zero attached hydrogens (tertiary/aromatic N) is 1. The van der Waals surface area contributed by atoms with Crippen molar-refractivity contribution in [3.05, 3.63) is 35.4 Å². The molecule has 1 rings (SSSR count). The molecule has 0 aliphatic rings. The Labute approximate surface area is 100 Å². The van der Waals surface area contributed by atoms with Gasteiger partial charge in [-0.3, -0.25) is 0 Å². The average Bonchev–Trinajstić information content (AvgIpc) is 2.17. The van der Waals surface area contributed by atoms with Crippen LogP contribution in [0.5, 0.6) is 0 Å². The number of rotatable bonds is 4. The van der Waals surface area contributed by atoms with Crippen molar-refractivity contribution in [1.29, 1.82) is 0 Å². The normalized spacial score (nSPS) is 12.1. The molecule has 1 aromatic rings. The molecule has 90 valence electrons. The van der Waals surface area contributed by atoms with Gasteiger partial charge in [-0.2, -0.15) is 0 Å². The predicted molar refractivity (Wildman–Crippen MR) is 71.8 cm³/mol. The monoisotopic (exact) mass is 219 g/mol. The highest BCUT2D eigenvalue weighted by Crippen LogP contribution is 2.22. The molecule has 0 bridgehead atoms. The average molecular weight is 219 g/mol. The minimum atomic E-state index is 0.258. The first-order chi connectivity index (χ1) is 7.43. The molecule has 1 nitrogen and oxygen atoms in total. The van der Waals surface area contributed by atoms with E-state index in [1.807, 2.05) is 0 Å². The van der Waals surface area contributed by atoms with Crippen molar-refractivity contribution in [2.45, 2.75) is 46.1 Å². The molecule has 0 heterocycles. The van der Waals surface area contributed by atoms with E-state index in [-0.39, 0.29) is 5.41 Å². The van der Waals surface area contributed by atoms with E-state index >= 15 is 0 Å². The molecule has 0 aliphatic heterocycles. The van der Waals surface area contributed by atoms with Crippen LogP contribution in [0.15, 0.2) is 24.3 Å². The summed E-state index contributed by atoms with van der Waals surface area (Å²) >= 11 is 0. The van der Waals surface area contributed by atoms with E-state index in [2.05, 4.69) is 63.9 Å². The summed E-state index contributed by atoms with van der Waals surface area (Å²) in [5.41, 5.74) is 3.08.